The summed E-state index contributed by atoms with van der Waals surface area (Å²) >= 11 is 0. The number of hydrogen-bond acceptors (Lipinski definition) is 5. The minimum atomic E-state index is -1.35. The summed E-state index contributed by atoms with van der Waals surface area (Å²) in [5.41, 5.74) is 8.85. The molecule has 0 saturated heterocycles. The molecule has 0 fully saturated rings. The van der Waals surface area contributed by atoms with Gasteiger partial charge in [-0.1, -0.05) is 30.3 Å². The molecule has 1 aliphatic heterocycles. The molecule has 4 rings (SSSR count). The number of carbonyl (C=O) groups is 1. The van der Waals surface area contributed by atoms with E-state index in [0.717, 1.165) is 11.1 Å². The van der Waals surface area contributed by atoms with Crippen molar-refractivity contribution in [2.75, 3.05) is 14.2 Å². The smallest absolute Gasteiger partial charge is 0.266 e. The number of ether oxygens (including phenoxy) is 1. The molecular weight excluding hydrogens is 390 g/mol. The van der Waals surface area contributed by atoms with Crippen molar-refractivity contribution in [3.63, 3.8) is 0 Å². The maximum atomic E-state index is 13.5. The van der Waals surface area contributed by atoms with Gasteiger partial charge in [-0.3, -0.25) is 14.7 Å². The Kier molecular flexibility index (Phi) is 4.91. The zero-order valence-electron chi connectivity index (χ0n) is 17.5. The second-order valence-corrected chi connectivity index (χ2v) is 7.31. The first-order chi connectivity index (χ1) is 14.9. The number of methoxy groups -OCH3 is 1. The maximum Gasteiger partial charge on any atom is 0.266 e. The average Bonchev–Trinajstić information content (AvgIpc) is 3.04. The van der Waals surface area contributed by atoms with Gasteiger partial charge in [0.15, 0.2) is 17.2 Å². The van der Waals surface area contributed by atoms with Gasteiger partial charge in [-0.15, -0.1) is 0 Å². The number of amides is 1. The van der Waals surface area contributed by atoms with Crippen LogP contribution in [-0.2, 0) is 10.3 Å². The minimum Gasteiger partial charge on any atom is -0.496 e. The molecule has 7 heteroatoms. The first-order valence-electron chi connectivity index (χ1n) is 9.63. The van der Waals surface area contributed by atoms with E-state index >= 15 is 0 Å². The number of nitrogens with zero attached hydrogens (tertiary/aromatic N) is 4. The van der Waals surface area contributed by atoms with Gasteiger partial charge in [0, 0.05) is 19.4 Å². The number of hydrogen-bond donors (Lipinski definition) is 1. The summed E-state index contributed by atoms with van der Waals surface area (Å²) < 4.78 is 5.38. The molecule has 0 spiro atoms. The highest BCUT2D eigenvalue weighted by Crippen LogP contribution is 2.43. The lowest BCUT2D eigenvalue weighted by Gasteiger charge is -2.27. The van der Waals surface area contributed by atoms with Gasteiger partial charge < -0.3 is 10.5 Å². The van der Waals surface area contributed by atoms with Gasteiger partial charge in [-0.2, -0.15) is 0 Å². The van der Waals surface area contributed by atoms with Crippen LogP contribution in [-0.4, -0.2) is 35.9 Å². The van der Waals surface area contributed by atoms with Crippen molar-refractivity contribution < 1.29 is 9.53 Å². The molecule has 1 unspecified atom stereocenters. The molecule has 2 aromatic carbocycles. The molecule has 0 bridgehead atoms. The fraction of sp³-hybridized carbons (Fsp3) is 0.167. The van der Waals surface area contributed by atoms with E-state index in [-0.39, 0.29) is 11.9 Å². The fourth-order valence-corrected chi connectivity index (χ4v) is 3.90. The van der Waals surface area contributed by atoms with Crippen LogP contribution < -0.4 is 10.5 Å². The number of likely N-dealkylation sites (N-methyl/N-ethyl adjacent to an activating group) is 1. The van der Waals surface area contributed by atoms with Crippen molar-refractivity contribution in [3.05, 3.63) is 89.0 Å². The molecule has 2 heterocycles. The highest BCUT2D eigenvalue weighted by molar-refractivity contribution is 6.09. The SMILES string of the molecule is [C-]#[N+]c1ccc(C2(c3ccc(OC)c(C)c3)N=C(N)N(C)C2=O)cc1-c1cccnc1. The number of aliphatic imine (C=N–C) groups is 1. The van der Waals surface area contributed by atoms with Crippen LogP contribution in [0, 0.1) is 13.5 Å². The number of aromatic nitrogens is 1. The van der Waals surface area contributed by atoms with E-state index in [2.05, 4.69) is 14.8 Å². The van der Waals surface area contributed by atoms with Crippen LogP contribution in [0.2, 0.25) is 0 Å². The van der Waals surface area contributed by atoms with Crippen LogP contribution in [0.4, 0.5) is 5.69 Å². The highest BCUT2D eigenvalue weighted by Gasteiger charge is 2.49. The standard InChI is InChI=1S/C24H21N5O2/c1-15-12-17(8-10-21(15)31-4)24(22(30)29(3)23(25)28-24)18-7-9-20(26-2)19(13-18)16-6-5-11-27-14-16/h5-14H,1,3-4H3,(H2,25,28). The Hall–Kier alpha value is -4.18. The van der Waals surface area contributed by atoms with E-state index in [1.807, 2.05) is 43.3 Å². The second-order valence-electron chi connectivity index (χ2n) is 7.31. The summed E-state index contributed by atoms with van der Waals surface area (Å²) in [6.45, 7) is 9.48. The van der Waals surface area contributed by atoms with Crippen LogP contribution in [0.3, 0.4) is 0 Å². The maximum absolute atomic E-state index is 13.5. The van der Waals surface area contributed by atoms with Gasteiger partial charge in [0.05, 0.1) is 13.7 Å². The second kappa shape index (κ2) is 7.58. The number of rotatable bonds is 4. The number of carbonyl (C=O) groups excluding carboxylic acids is 1. The first-order valence-corrected chi connectivity index (χ1v) is 9.63. The van der Waals surface area contributed by atoms with Crippen molar-refractivity contribution in [1.82, 2.24) is 9.88 Å². The van der Waals surface area contributed by atoms with Crippen LogP contribution in [0.5, 0.6) is 5.75 Å². The molecule has 3 aromatic rings. The summed E-state index contributed by atoms with van der Waals surface area (Å²) in [4.78, 5) is 27.3. The van der Waals surface area contributed by atoms with Gasteiger partial charge in [0.25, 0.3) is 5.91 Å². The molecule has 154 valence electrons. The molecule has 1 aromatic heterocycles. The monoisotopic (exact) mass is 411 g/mol. The zero-order chi connectivity index (χ0) is 22.2. The first kappa shape index (κ1) is 20.1. The van der Waals surface area contributed by atoms with E-state index in [4.69, 9.17) is 17.0 Å². The largest absolute Gasteiger partial charge is 0.496 e. The summed E-state index contributed by atoms with van der Waals surface area (Å²) in [6.07, 6.45) is 3.37. The quantitative estimate of drug-likeness (QED) is 0.664. The molecule has 0 aliphatic carbocycles. The van der Waals surface area contributed by atoms with Crippen molar-refractivity contribution in [3.8, 4) is 16.9 Å². The Morgan fingerprint density at radius 1 is 1.16 bits per heavy atom. The van der Waals surface area contributed by atoms with Crippen LogP contribution in [0.15, 0.2) is 65.9 Å². The molecule has 0 radical (unpaired) electrons. The molecule has 2 N–H and O–H groups in total. The third kappa shape index (κ3) is 3.09. The van der Waals surface area contributed by atoms with Gasteiger partial charge >= 0.3 is 0 Å². The average molecular weight is 411 g/mol. The lowest BCUT2D eigenvalue weighted by molar-refractivity contribution is -0.129. The topological polar surface area (TPSA) is 85.2 Å². The molecule has 1 atom stereocenters. The minimum absolute atomic E-state index is 0.135. The lowest BCUT2D eigenvalue weighted by atomic mass is 9.81. The van der Waals surface area contributed by atoms with Crippen molar-refractivity contribution >= 4 is 17.6 Å². The highest BCUT2D eigenvalue weighted by atomic mass is 16.5. The van der Waals surface area contributed by atoms with Gasteiger partial charge in [-0.05, 0) is 52.9 Å². The van der Waals surface area contributed by atoms with E-state index < -0.39 is 5.54 Å². The van der Waals surface area contributed by atoms with E-state index in [1.165, 1.54) is 4.90 Å². The third-order valence-electron chi connectivity index (χ3n) is 5.56. The fourth-order valence-electron chi connectivity index (χ4n) is 3.90. The van der Waals surface area contributed by atoms with Crippen LogP contribution in [0.1, 0.15) is 16.7 Å². The number of aryl methyl sites for hydroxylation is 1. The lowest BCUT2D eigenvalue weighted by Crippen LogP contribution is -2.41. The number of pyridine rings is 1. The molecule has 0 saturated carbocycles. The normalized spacial score (nSPS) is 17.9. The molecule has 31 heavy (non-hydrogen) atoms. The molecular formula is C24H21N5O2. The van der Waals surface area contributed by atoms with E-state index in [9.17, 15) is 4.79 Å². The van der Waals surface area contributed by atoms with Crippen molar-refractivity contribution in [2.24, 2.45) is 10.7 Å². The van der Waals surface area contributed by atoms with Gasteiger partial charge in [-0.25, -0.2) is 9.84 Å². The Balaban J connectivity index is 2.00. The zero-order valence-corrected chi connectivity index (χ0v) is 17.5. The predicted molar refractivity (Wildman–Crippen MR) is 119 cm³/mol. The Labute approximate surface area is 180 Å². The Morgan fingerprint density at radius 3 is 2.48 bits per heavy atom. The summed E-state index contributed by atoms with van der Waals surface area (Å²) in [7, 11) is 3.21. The Bertz CT molecular complexity index is 1250. The van der Waals surface area contributed by atoms with Crippen molar-refractivity contribution in [2.45, 2.75) is 12.5 Å². The molecule has 7 nitrogen and oxygen atoms in total. The Morgan fingerprint density at radius 2 is 1.90 bits per heavy atom. The third-order valence-corrected chi connectivity index (χ3v) is 5.56. The molecule has 1 aliphatic rings. The number of nitrogens with two attached hydrogens (primary N) is 1. The number of benzene rings is 2. The van der Waals surface area contributed by atoms with Crippen LogP contribution in [0.25, 0.3) is 16.0 Å². The summed E-state index contributed by atoms with van der Waals surface area (Å²) in [5, 5.41) is 0. The van der Waals surface area contributed by atoms with Crippen molar-refractivity contribution in [1.29, 1.82) is 0 Å². The van der Waals surface area contributed by atoms with E-state index in [1.54, 1.807) is 38.7 Å². The van der Waals surface area contributed by atoms with Gasteiger partial charge in [0.2, 0.25) is 0 Å². The summed E-state index contributed by atoms with van der Waals surface area (Å²) in [5.74, 6) is 0.590. The number of guanidine groups is 1. The van der Waals surface area contributed by atoms with Gasteiger partial charge in [0.1, 0.15) is 5.75 Å². The molecule has 1 amide bonds. The van der Waals surface area contributed by atoms with E-state index in [0.29, 0.717) is 28.1 Å². The van der Waals surface area contributed by atoms with Crippen LogP contribution >= 0.6 is 0 Å². The predicted octanol–water partition coefficient (Wildman–Crippen LogP) is 3.65. The summed E-state index contributed by atoms with van der Waals surface area (Å²) in [6, 6.07) is 14.5.